The molecule has 0 aliphatic carbocycles. The molecule has 1 N–H and O–H groups in total. The summed E-state index contributed by atoms with van der Waals surface area (Å²) in [5, 5.41) is 6.30. The van der Waals surface area contributed by atoms with E-state index in [0.717, 1.165) is 12.1 Å². The smallest absolute Gasteiger partial charge is 0.195 e. The van der Waals surface area contributed by atoms with E-state index < -0.39 is 11.6 Å². The first-order valence-corrected chi connectivity index (χ1v) is 4.61. The molecule has 2 aromatic rings. The Labute approximate surface area is 89.4 Å². The number of halogens is 2. The fourth-order valence-corrected chi connectivity index (χ4v) is 1.38. The zero-order valence-electron chi connectivity index (χ0n) is 7.58. The molecule has 0 aliphatic heterocycles. The van der Waals surface area contributed by atoms with Gasteiger partial charge in [0.2, 0.25) is 0 Å². The molecule has 0 unspecified atom stereocenters. The molecule has 0 fully saturated rings. The summed E-state index contributed by atoms with van der Waals surface area (Å²) in [6, 6.07) is 3.74. The zero-order valence-corrected chi connectivity index (χ0v) is 8.39. The van der Waals surface area contributed by atoms with Gasteiger partial charge >= 0.3 is 0 Å². The third-order valence-corrected chi connectivity index (χ3v) is 2.28. The lowest BCUT2D eigenvalue weighted by atomic mass is 10.2. The maximum Gasteiger partial charge on any atom is 0.195 e. The van der Waals surface area contributed by atoms with E-state index in [9.17, 15) is 8.78 Å². The fraction of sp³-hybridized carbons (Fsp3) is 0.111. The fourth-order valence-electron chi connectivity index (χ4n) is 1.22. The standard InChI is InChI=1S/C9H7F2N3S/c10-7-2-1-6(3-8(7)11)4-14-5-12-13-9(14)15/h1-3,5H,4H2,(H,13,15). The third kappa shape index (κ3) is 2.10. The maximum absolute atomic E-state index is 12.9. The lowest BCUT2D eigenvalue weighted by Gasteiger charge is -2.02. The van der Waals surface area contributed by atoms with Crippen LogP contribution in [0.25, 0.3) is 0 Å². The molecule has 0 saturated heterocycles. The Kier molecular flexibility index (Phi) is 2.59. The van der Waals surface area contributed by atoms with E-state index in [1.807, 2.05) is 0 Å². The molecule has 1 aromatic heterocycles. The predicted molar refractivity (Wildman–Crippen MR) is 52.9 cm³/mol. The monoisotopic (exact) mass is 227 g/mol. The summed E-state index contributed by atoms with van der Waals surface area (Å²) in [7, 11) is 0. The first-order valence-electron chi connectivity index (χ1n) is 4.20. The van der Waals surface area contributed by atoms with Crippen LogP contribution in [-0.4, -0.2) is 14.8 Å². The van der Waals surface area contributed by atoms with Crippen LogP contribution in [0.4, 0.5) is 8.78 Å². The van der Waals surface area contributed by atoms with Crippen LogP contribution in [-0.2, 0) is 6.54 Å². The van der Waals surface area contributed by atoms with Gasteiger partial charge in [0.25, 0.3) is 0 Å². The summed E-state index contributed by atoms with van der Waals surface area (Å²) in [6.07, 6.45) is 1.50. The van der Waals surface area contributed by atoms with Crippen molar-refractivity contribution in [3.8, 4) is 0 Å². The Morgan fingerprint density at radius 3 is 2.73 bits per heavy atom. The highest BCUT2D eigenvalue weighted by Crippen LogP contribution is 2.09. The van der Waals surface area contributed by atoms with Crippen molar-refractivity contribution in [3.63, 3.8) is 0 Å². The van der Waals surface area contributed by atoms with Gasteiger partial charge in [-0.05, 0) is 29.9 Å². The molecule has 15 heavy (non-hydrogen) atoms. The van der Waals surface area contributed by atoms with E-state index in [1.165, 1.54) is 12.4 Å². The van der Waals surface area contributed by atoms with Crippen molar-refractivity contribution >= 4 is 12.2 Å². The number of rotatable bonds is 2. The third-order valence-electron chi connectivity index (χ3n) is 1.96. The average molecular weight is 227 g/mol. The SMILES string of the molecule is Fc1ccc(Cn2cn[nH]c2=S)cc1F. The molecule has 1 heterocycles. The first-order chi connectivity index (χ1) is 7.16. The lowest BCUT2D eigenvalue weighted by Crippen LogP contribution is -1.99. The van der Waals surface area contributed by atoms with Crippen LogP contribution in [0.3, 0.4) is 0 Å². The molecule has 3 nitrogen and oxygen atoms in total. The van der Waals surface area contributed by atoms with E-state index in [0.29, 0.717) is 16.9 Å². The molecule has 6 heteroatoms. The molecule has 0 atom stereocenters. The van der Waals surface area contributed by atoms with Crippen LogP contribution in [0.5, 0.6) is 0 Å². The molecular weight excluding hydrogens is 220 g/mol. The van der Waals surface area contributed by atoms with Gasteiger partial charge in [-0.3, -0.25) is 5.10 Å². The van der Waals surface area contributed by atoms with Crippen molar-refractivity contribution in [1.82, 2.24) is 14.8 Å². The van der Waals surface area contributed by atoms with Crippen LogP contribution >= 0.6 is 12.2 Å². The average Bonchev–Trinajstić information content (AvgIpc) is 2.59. The number of benzene rings is 1. The van der Waals surface area contributed by atoms with Gasteiger partial charge in [-0.25, -0.2) is 8.78 Å². The van der Waals surface area contributed by atoms with E-state index in [1.54, 1.807) is 4.57 Å². The minimum Gasteiger partial charge on any atom is -0.302 e. The number of nitrogens with one attached hydrogen (secondary N) is 1. The molecule has 0 bridgehead atoms. The van der Waals surface area contributed by atoms with Gasteiger partial charge in [-0.1, -0.05) is 6.07 Å². The van der Waals surface area contributed by atoms with Gasteiger partial charge in [0.15, 0.2) is 16.4 Å². The minimum atomic E-state index is -0.859. The Morgan fingerprint density at radius 1 is 1.33 bits per heavy atom. The van der Waals surface area contributed by atoms with E-state index in [2.05, 4.69) is 10.2 Å². The molecule has 0 amide bonds. The number of hydrogen-bond acceptors (Lipinski definition) is 2. The van der Waals surface area contributed by atoms with Crippen LogP contribution in [0.2, 0.25) is 0 Å². The molecular formula is C9H7F2N3S. The van der Waals surface area contributed by atoms with E-state index in [4.69, 9.17) is 12.2 Å². The largest absolute Gasteiger partial charge is 0.302 e. The number of aromatic amines is 1. The highest BCUT2D eigenvalue weighted by molar-refractivity contribution is 7.71. The summed E-state index contributed by atoms with van der Waals surface area (Å²) >= 11 is 4.92. The first kappa shape index (κ1) is 9.97. The van der Waals surface area contributed by atoms with Gasteiger partial charge in [0.1, 0.15) is 6.33 Å². The van der Waals surface area contributed by atoms with Crippen molar-refractivity contribution < 1.29 is 8.78 Å². The van der Waals surface area contributed by atoms with Gasteiger partial charge in [-0.2, -0.15) is 5.10 Å². The second kappa shape index (κ2) is 3.90. The molecule has 2 rings (SSSR count). The highest BCUT2D eigenvalue weighted by atomic mass is 32.1. The Hall–Kier alpha value is -1.56. The molecule has 0 radical (unpaired) electrons. The normalized spacial score (nSPS) is 10.5. The lowest BCUT2D eigenvalue weighted by molar-refractivity contribution is 0.506. The predicted octanol–water partition coefficient (Wildman–Crippen LogP) is 2.27. The van der Waals surface area contributed by atoms with Crippen LogP contribution in [0, 0.1) is 16.4 Å². The number of hydrogen-bond donors (Lipinski definition) is 1. The summed E-state index contributed by atoms with van der Waals surface area (Å²) in [5.74, 6) is -1.71. The number of aromatic nitrogens is 3. The second-order valence-corrected chi connectivity index (χ2v) is 3.42. The maximum atomic E-state index is 12.9. The summed E-state index contributed by atoms with van der Waals surface area (Å²) in [5.41, 5.74) is 0.631. The number of H-pyrrole nitrogens is 1. The van der Waals surface area contributed by atoms with E-state index in [-0.39, 0.29) is 0 Å². The molecule has 0 aliphatic rings. The van der Waals surface area contributed by atoms with Crippen molar-refractivity contribution in [3.05, 3.63) is 46.5 Å². The van der Waals surface area contributed by atoms with Crippen LogP contribution < -0.4 is 0 Å². The van der Waals surface area contributed by atoms with Gasteiger partial charge in [-0.15, -0.1) is 0 Å². The quantitative estimate of drug-likeness (QED) is 0.798. The summed E-state index contributed by atoms with van der Waals surface area (Å²) < 4.78 is 27.6. The topological polar surface area (TPSA) is 33.6 Å². The molecule has 0 saturated carbocycles. The van der Waals surface area contributed by atoms with E-state index >= 15 is 0 Å². The second-order valence-electron chi connectivity index (χ2n) is 3.04. The molecule has 1 aromatic carbocycles. The minimum absolute atomic E-state index is 0.368. The summed E-state index contributed by atoms with van der Waals surface area (Å²) in [4.78, 5) is 0. The van der Waals surface area contributed by atoms with Gasteiger partial charge < -0.3 is 4.57 Å². The van der Waals surface area contributed by atoms with Crippen molar-refractivity contribution in [1.29, 1.82) is 0 Å². The van der Waals surface area contributed by atoms with Gasteiger partial charge in [0.05, 0.1) is 6.54 Å². The van der Waals surface area contributed by atoms with Crippen LogP contribution in [0.1, 0.15) is 5.56 Å². The van der Waals surface area contributed by atoms with Crippen molar-refractivity contribution in [2.45, 2.75) is 6.54 Å². The van der Waals surface area contributed by atoms with Crippen molar-refractivity contribution in [2.24, 2.45) is 0 Å². The van der Waals surface area contributed by atoms with Gasteiger partial charge in [0, 0.05) is 0 Å². The Bertz CT molecular complexity index is 532. The van der Waals surface area contributed by atoms with Crippen LogP contribution in [0.15, 0.2) is 24.5 Å². The molecule has 78 valence electrons. The van der Waals surface area contributed by atoms with Crippen molar-refractivity contribution in [2.75, 3.05) is 0 Å². The Balaban J connectivity index is 2.29. The Morgan fingerprint density at radius 2 is 2.13 bits per heavy atom. The highest BCUT2D eigenvalue weighted by Gasteiger charge is 2.03. The molecule has 0 spiro atoms. The zero-order chi connectivity index (χ0) is 10.8. The number of nitrogens with zero attached hydrogens (tertiary/aromatic N) is 2. The summed E-state index contributed by atoms with van der Waals surface area (Å²) in [6.45, 7) is 0.368.